The molecule has 2 N–H and O–H groups in total. The van der Waals surface area contributed by atoms with Gasteiger partial charge in [0.25, 0.3) is 5.91 Å². The van der Waals surface area contributed by atoms with Gasteiger partial charge in [0.1, 0.15) is 5.60 Å². The van der Waals surface area contributed by atoms with Crippen LogP contribution >= 0.6 is 0 Å². The Morgan fingerprint density at radius 1 is 1.20 bits per heavy atom. The Bertz CT molecular complexity index is 872. The van der Waals surface area contributed by atoms with Gasteiger partial charge in [0.05, 0.1) is 6.54 Å². The van der Waals surface area contributed by atoms with E-state index >= 15 is 0 Å². The molecule has 0 bridgehead atoms. The van der Waals surface area contributed by atoms with Gasteiger partial charge in [-0.3, -0.25) is 4.79 Å². The minimum atomic E-state index is -1.15. The summed E-state index contributed by atoms with van der Waals surface area (Å²) < 4.78 is 4.97. The Morgan fingerprint density at radius 2 is 1.96 bits per heavy atom. The number of carbonyl (C=O) groups is 1. The normalized spacial score (nSPS) is 13.2. The fourth-order valence-electron chi connectivity index (χ4n) is 2.47. The quantitative estimate of drug-likeness (QED) is 0.747. The average molecular weight is 337 g/mol. The van der Waals surface area contributed by atoms with Gasteiger partial charge in [0.15, 0.2) is 0 Å². The average Bonchev–Trinajstić information content (AvgIpc) is 3.07. The summed E-state index contributed by atoms with van der Waals surface area (Å²) in [6.07, 6.45) is 0. The zero-order chi connectivity index (χ0) is 17.9. The molecule has 0 saturated carbocycles. The maximum atomic E-state index is 12.4. The molecule has 3 aromatic rings. The molecule has 1 aromatic heterocycles. The third-order valence-electron chi connectivity index (χ3n) is 3.90. The Balaban J connectivity index is 1.71. The number of benzene rings is 2. The van der Waals surface area contributed by atoms with Gasteiger partial charge in [0, 0.05) is 18.1 Å². The van der Waals surface area contributed by atoms with Crippen LogP contribution in [0.3, 0.4) is 0 Å². The molecule has 0 fully saturated rings. The van der Waals surface area contributed by atoms with Crippen molar-refractivity contribution < 1.29 is 14.4 Å². The third-order valence-corrected chi connectivity index (χ3v) is 3.90. The highest BCUT2D eigenvalue weighted by Crippen LogP contribution is 2.20. The summed E-state index contributed by atoms with van der Waals surface area (Å²) in [5.41, 5.74) is 0.744. The Hall–Kier alpha value is -2.99. The van der Waals surface area contributed by atoms with Crippen LogP contribution in [0, 0.1) is 6.92 Å². The van der Waals surface area contributed by atoms with Gasteiger partial charge in [-0.1, -0.05) is 47.6 Å². The van der Waals surface area contributed by atoms with Gasteiger partial charge in [-0.2, -0.15) is 4.98 Å². The standard InChI is InChI=1S/C19H19N3O3/c1-13-21-17(22-25-13)14-7-6-8-15(11-14)18(23)20-12-19(2,24)16-9-4-3-5-10-16/h3-11,24H,12H2,1-2H3,(H,20,23). The highest BCUT2D eigenvalue weighted by atomic mass is 16.5. The van der Waals surface area contributed by atoms with E-state index in [1.165, 1.54) is 0 Å². The minimum Gasteiger partial charge on any atom is -0.384 e. The molecule has 0 spiro atoms. The maximum absolute atomic E-state index is 12.4. The highest BCUT2D eigenvalue weighted by Gasteiger charge is 2.23. The van der Waals surface area contributed by atoms with Crippen molar-refractivity contribution in [2.24, 2.45) is 0 Å². The molecule has 1 amide bonds. The second kappa shape index (κ2) is 6.86. The van der Waals surface area contributed by atoms with E-state index in [2.05, 4.69) is 15.5 Å². The molecule has 0 aliphatic heterocycles. The summed E-state index contributed by atoms with van der Waals surface area (Å²) in [6.45, 7) is 3.47. The first-order chi connectivity index (χ1) is 12.0. The number of aliphatic hydroxyl groups is 1. The molecule has 0 aliphatic carbocycles. The van der Waals surface area contributed by atoms with Gasteiger partial charge in [0.2, 0.25) is 11.7 Å². The van der Waals surface area contributed by atoms with Crippen LogP contribution in [0.4, 0.5) is 0 Å². The van der Waals surface area contributed by atoms with Crippen LogP contribution in [0.25, 0.3) is 11.4 Å². The van der Waals surface area contributed by atoms with Crippen LogP contribution in [0.15, 0.2) is 59.1 Å². The van der Waals surface area contributed by atoms with Gasteiger partial charge in [-0.25, -0.2) is 0 Å². The van der Waals surface area contributed by atoms with Gasteiger partial charge < -0.3 is 14.9 Å². The number of nitrogens with one attached hydrogen (secondary N) is 1. The van der Waals surface area contributed by atoms with Crippen LogP contribution in [-0.2, 0) is 5.60 Å². The predicted octanol–water partition coefficient (Wildman–Crippen LogP) is 2.68. The molecule has 128 valence electrons. The Morgan fingerprint density at radius 3 is 2.64 bits per heavy atom. The summed E-state index contributed by atoms with van der Waals surface area (Å²) in [5, 5.41) is 17.2. The molecular weight excluding hydrogens is 318 g/mol. The lowest BCUT2D eigenvalue weighted by Gasteiger charge is -2.24. The lowest BCUT2D eigenvalue weighted by atomic mass is 9.96. The lowest BCUT2D eigenvalue weighted by molar-refractivity contribution is 0.0526. The topological polar surface area (TPSA) is 88.2 Å². The van der Waals surface area contributed by atoms with E-state index in [-0.39, 0.29) is 12.5 Å². The zero-order valence-corrected chi connectivity index (χ0v) is 14.1. The molecule has 0 saturated heterocycles. The van der Waals surface area contributed by atoms with Crippen molar-refractivity contribution in [2.75, 3.05) is 6.54 Å². The maximum Gasteiger partial charge on any atom is 0.251 e. The van der Waals surface area contributed by atoms with E-state index in [9.17, 15) is 9.90 Å². The van der Waals surface area contributed by atoms with Gasteiger partial charge in [-0.05, 0) is 24.6 Å². The molecule has 1 unspecified atom stereocenters. The predicted molar refractivity (Wildman–Crippen MR) is 92.8 cm³/mol. The van der Waals surface area contributed by atoms with E-state index in [1.807, 2.05) is 30.3 Å². The second-order valence-corrected chi connectivity index (χ2v) is 6.04. The van der Waals surface area contributed by atoms with Crippen LogP contribution < -0.4 is 5.32 Å². The SMILES string of the molecule is Cc1nc(-c2cccc(C(=O)NCC(C)(O)c3ccccc3)c2)no1. The number of aromatic nitrogens is 2. The number of rotatable bonds is 5. The summed E-state index contributed by atoms with van der Waals surface area (Å²) in [6, 6.07) is 16.2. The van der Waals surface area contributed by atoms with Gasteiger partial charge in [-0.15, -0.1) is 0 Å². The molecular formula is C19H19N3O3. The molecule has 0 radical (unpaired) electrons. The van der Waals surface area contributed by atoms with Crippen LogP contribution in [-0.4, -0.2) is 27.7 Å². The monoisotopic (exact) mass is 337 g/mol. The number of nitrogens with zero attached hydrogens (tertiary/aromatic N) is 2. The molecule has 25 heavy (non-hydrogen) atoms. The highest BCUT2D eigenvalue weighted by molar-refractivity contribution is 5.95. The first-order valence-electron chi connectivity index (χ1n) is 7.92. The van der Waals surface area contributed by atoms with Crippen molar-refractivity contribution in [3.63, 3.8) is 0 Å². The molecule has 6 heteroatoms. The second-order valence-electron chi connectivity index (χ2n) is 6.04. The van der Waals surface area contributed by atoms with Gasteiger partial charge >= 0.3 is 0 Å². The molecule has 6 nitrogen and oxygen atoms in total. The van der Waals surface area contributed by atoms with E-state index in [4.69, 9.17) is 4.52 Å². The minimum absolute atomic E-state index is 0.0986. The smallest absolute Gasteiger partial charge is 0.251 e. The molecule has 3 rings (SSSR count). The van der Waals surface area contributed by atoms with Crippen molar-refractivity contribution >= 4 is 5.91 Å². The summed E-state index contributed by atoms with van der Waals surface area (Å²) in [5.74, 6) is 0.616. The molecule has 0 aliphatic rings. The van der Waals surface area contributed by atoms with Crippen LogP contribution in [0.5, 0.6) is 0 Å². The van der Waals surface area contributed by atoms with Crippen molar-refractivity contribution in [1.82, 2.24) is 15.5 Å². The zero-order valence-electron chi connectivity index (χ0n) is 14.1. The van der Waals surface area contributed by atoms with Crippen molar-refractivity contribution in [2.45, 2.75) is 19.4 Å². The van der Waals surface area contributed by atoms with Crippen LogP contribution in [0.1, 0.15) is 28.7 Å². The van der Waals surface area contributed by atoms with E-state index in [0.29, 0.717) is 22.8 Å². The Labute approximate surface area is 145 Å². The van der Waals surface area contributed by atoms with Crippen molar-refractivity contribution in [1.29, 1.82) is 0 Å². The number of carbonyl (C=O) groups excluding carboxylic acids is 1. The number of amides is 1. The third kappa shape index (κ3) is 3.92. The summed E-state index contributed by atoms with van der Waals surface area (Å²) >= 11 is 0. The molecule has 1 heterocycles. The first kappa shape index (κ1) is 16.9. The lowest BCUT2D eigenvalue weighted by Crippen LogP contribution is -2.38. The summed E-state index contributed by atoms with van der Waals surface area (Å²) in [4.78, 5) is 16.6. The number of hydrogen-bond donors (Lipinski definition) is 2. The van der Waals surface area contributed by atoms with Crippen molar-refractivity contribution in [3.8, 4) is 11.4 Å². The first-order valence-corrected chi connectivity index (χ1v) is 7.92. The largest absolute Gasteiger partial charge is 0.384 e. The van der Waals surface area contributed by atoms with E-state index < -0.39 is 5.60 Å². The molecule has 2 aromatic carbocycles. The number of hydrogen-bond acceptors (Lipinski definition) is 5. The van der Waals surface area contributed by atoms with Crippen LogP contribution in [0.2, 0.25) is 0 Å². The fraction of sp³-hybridized carbons (Fsp3) is 0.211. The number of aryl methyl sites for hydroxylation is 1. The fourth-order valence-corrected chi connectivity index (χ4v) is 2.47. The summed E-state index contributed by atoms with van der Waals surface area (Å²) in [7, 11) is 0. The van der Waals surface area contributed by atoms with Crippen molar-refractivity contribution in [3.05, 3.63) is 71.6 Å². The Kier molecular flexibility index (Phi) is 4.63. The van der Waals surface area contributed by atoms with E-state index in [0.717, 1.165) is 5.56 Å². The molecule has 1 atom stereocenters. The van der Waals surface area contributed by atoms with E-state index in [1.54, 1.807) is 38.1 Å².